The number of benzene rings is 1. The number of aromatic nitrogens is 1. The van der Waals surface area contributed by atoms with Crippen LogP contribution in [0.5, 0.6) is 0 Å². The van der Waals surface area contributed by atoms with Crippen LogP contribution in [-0.2, 0) is 18.0 Å². The number of nitrogens with one attached hydrogen (secondary N) is 1. The van der Waals surface area contributed by atoms with Crippen molar-refractivity contribution in [3.8, 4) is 0 Å². The fraction of sp³-hybridized carbons (Fsp3) is 0.312. The third-order valence-electron chi connectivity index (χ3n) is 2.77. The summed E-state index contributed by atoms with van der Waals surface area (Å²) in [6, 6.07) is 14.1. The molecule has 1 aromatic carbocycles. The molecular formula is C16H19BrN2O. The molecule has 0 saturated heterocycles. The summed E-state index contributed by atoms with van der Waals surface area (Å²) in [4.78, 5) is 4.51. The molecule has 0 fully saturated rings. The van der Waals surface area contributed by atoms with Gasteiger partial charge in [0.15, 0.2) is 0 Å². The summed E-state index contributed by atoms with van der Waals surface area (Å²) in [6.45, 7) is 4.19. The van der Waals surface area contributed by atoms with Crippen molar-refractivity contribution in [2.45, 2.75) is 26.6 Å². The molecule has 0 aliphatic rings. The first-order valence-corrected chi connectivity index (χ1v) is 7.59. The van der Waals surface area contributed by atoms with Crippen molar-refractivity contribution in [1.29, 1.82) is 0 Å². The van der Waals surface area contributed by atoms with E-state index in [1.165, 1.54) is 0 Å². The van der Waals surface area contributed by atoms with Gasteiger partial charge in [0.05, 0.1) is 18.9 Å². The third-order valence-corrected chi connectivity index (χ3v) is 3.26. The second-order valence-electron chi connectivity index (χ2n) is 4.56. The van der Waals surface area contributed by atoms with Crippen molar-refractivity contribution in [1.82, 2.24) is 4.98 Å². The Morgan fingerprint density at radius 3 is 2.80 bits per heavy atom. The maximum atomic E-state index is 5.71. The number of anilines is 1. The molecule has 0 spiro atoms. The summed E-state index contributed by atoms with van der Waals surface area (Å²) in [5, 5.41) is 3.28. The molecule has 1 aromatic heterocycles. The van der Waals surface area contributed by atoms with Gasteiger partial charge < -0.3 is 10.1 Å². The molecule has 0 saturated carbocycles. The monoisotopic (exact) mass is 334 g/mol. The molecule has 2 rings (SSSR count). The van der Waals surface area contributed by atoms with E-state index in [2.05, 4.69) is 45.3 Å². The number of rotatable bonds is 7. The first kappa shape index (κ1) is 15.0. The number of nitrogens with zero attached hydrogens (tertiary/aromatic N) is 1. The van der Waals surface area contributed by atoms with Crippen LogP contribution in [0.3, 0.4) is 0 Å². The quantitative estimate of drug-likeness (QED) is 0.815. The van der Waals surface area contributed by atoms with Gasteiger partial charge in [0, 0.05) is 11.0 Å². The van der Waals surface area contributed by atoms with Crippen LogP contribution in [0.25, 0.3) is 0 Å². The normalized spacial score (nSPS) is 10.5. The minimum atomic E-state index is 0.522. The van der Waals surface area contributed by atoms with E-state index in [-0.39, 0.29) is 0 Å². The van der Waals surface area contributed by atoms with E-state index in [9.17, 15) is 0 Å². The van der Waals surface area contributed by atoms with Crippen molar-refractivity contribution in [2.24, 2.45) is 0 Å². The smallest absolute Gasteiger partial charge is 0.126 e. The van der Waals surface area contributed by atoms with Crippen LogP contribution < -0.4 is 5.32 Å². The van der Waals surface area contributed by atoms with Gasteiger partial charge in [0.25, 0.3) is 0 Å². The van der Waals surface area contributed by atoms with Gasteiger partial charge in [0.2, 0.25) is 0 Å². The van der Waals surface area contributed by atoms with Crippen LogP contribution in [0, 0.1) is 0 Å². The fourth-order valence-corrected chi connectivity index (χ4v) is 2.26. The molecule has 0 bridgehead atoms. The summed E-state index contributed by atoms with van der Waals surface area (Å²) in [6.07, 6.45) is 1.09. The molecule has 3 nitrogen and oxygen atoms in total. The molecule has 4 heteroatoms. The second-order valence-corrected chi connectivity index (χ2v) is 5.48. The van der Waals surface area contributed by atoms with E-state index < -0.39 is 0 Å². The topological polar surface area (TPSA) is 34.1 Å². The Morgan fingerprint density at radius 1 is 1.15 bits per heavy atom. The van der Waals surface area contributed by atoms with Gasteiger partial charge in [-0.3, -0.25) is 0 Å². The summed E-state index contributed by atoms with van der Waals surface area (Å²) in [7, 11) is 0. The highest BCUT2D eigenvalue weighted by Gasteiger charge is 1.99. The van der Waals surface area contributed by atoms with Gasteiger partial charge in [-0.05, 0) is 36.2 Å². The Bertz CT molecular complexity index is 546. The van der Waals surface area contributed by atoms with Crippen LogP contribution in [0.15, 0.2) is 46.9 Å². The first-order chi connectivity index (χ1) is 9.78. The lowest BCUT2D eigenvalue weighted by molar-refractivity contribution is 0.104. The summed E-state index contributed by atoms with van der Waals surface area (Å²) < 4.78 is 6.78. The lowest BCUT2D eigenvalue weighted by atomic mass is 10.2. The van der Waals surface area contributed by atoms with Gasteiger partial charge in [-0.2, -0.15) is 0 Å². The van der Waals surface area contributed by atoms with Crippen molar-refractivity contribution in [2.75, 3.05) is 11.9 Å². The zero-order valence-electron chi connectivity index (χ0n) is 11.6. The van der Waals surface area contributed by atoms with E-state index in [1.807, 2.05) is 30.3 Å². The Labute approximate surface area is 128 Å². The van der Waals surface area contributed by atoms with Crippen LogP contribution in [0.1, 0.15) is 24.6 Å². The molecule has 0 aliphatic heterocycles. The Hall–Kier alpha value is -1.39. The lowest BCUT2D eigenvalue weighted by Crippen LogP contribution is -2.04. The molecule has 0 aliphatic carbocycles. The molecule has 2 aromatic rings. The molecule has 0 atom stereocenters. The molecule has 106 valence electrons. The minimum Gasteiger partial charge on any atom is -0.370 e. The van der Waals surface area contributed by atoms with Crippen LogP contribution >= 0.6 is 15.9 Å². The summed E-state index contributed by atoms with van der Waals surface area (Å²) in [5.74, 6) is 0.912. The van der Waals surface area contributed by atoms with Gasteiger partial charge in [-0.25, -0.2) is 4.98 Å². The molecule has 1 N–H and O–H groups in total. The maximum absolute atomic E-state index is 5.71. The highest BCUT2D eigenvalue weighted by molar-refractivity contribution is 9.10. The third kappa shape index (κ3) is 4.94. The van der Waals surface area contributed by atoms with Gasteiger partial charge in [0.1, 0.15) is 5.82 Å². The van der Waals surface area contributed by atoms with E-state index in [0.717, 1.165) is 34.5 Å². The summed E-state index contributed by atoms with van der Waals surface area (Å²) in [5.41, 5.74) is 2.10. The number of pyridine rings is 1. The highest BCUT2D eigenvalue weighted by atomic mass is 79.9. The SMILES string of the molecule is CCCNc1cccc(COCc2cccc(Br)c2)n1. The standard InChI is InChI=1S/C16H19BrN2O/c1-2-9-18-16-8-4-7-15(19-16)12-20-11-13-5-3-6-14(17)10-13/h3-8,10H,2,9,11-12H2,1H3,(H,18,19). The second kappa shape index (κ2) is 8.02. The van der Waals surface area contributed by atoms with Gasteiger partial charge in [-0.1, -0.05) is 41.1 Å². The Morgan fingerprint density at radius 2 is 2.00 bits per heavy atom. The van der Waals surface area contributed by atoms with Crippen LogP contribution in [-0.4, -0.2) is 11.5 Å². The van der Waals surface area contributed by atoms with Crippen molar-refractivity contribution in [3.63, 3.8) is 0 Å². The lowest BCUT2D eigenvalue weighted by Gasteiger charge is -2.07. The first-order valence-electron chi connectivity index (χ1n) is 6.80. The van der Waals surface area contributed by atoms with E-state index >= 15 is 0 Å². The minimum absolute atomic E-state index is 0.522. The highest BCUT2D eigenvalue weighted by Crippen LogP contribution is 2.13. The number of ether oxygens (including phenoxy) is 1. The number of halogens is 1. The van der Waals surface area contributed by atoms with E-state index in [0.29, 0.717) is 13.2 Å². The van der Waals surface area contributed by atoms with Gasteiger partial charge >= 0.3 is 0 Å². The van der Waals surface area contributed by atoms with E-state index in [1.54, 1.807) is 0 Å². The molecule has 0 unspecified atom stereocenters. The van der Waals surface area contributed by atoms with Gasteiger partial charge in [-0.15, -0.1) is 0 Å². The predicted molar refractivity (Wildman–Crippen MR) is 85.7 cm³/mol. The Balaban J connectivity index is 1.84. The molecule has 0 radical (unpaired) electrons. The molecule has 20 heavy (non-hydrogen) atoms. The average molecular weight is 335 g/mol. The number of hydrogen-bond acceptors (Lipinski definition) is 3. The van der Waals surface area contributed by atoms with Crippen LogP contribution in [0.4, 0.5) is 5.82 Å². The largest absolute Gasteiger partial charge is 0.370 e. The van der Waals surface area contributed by atoms with Crippen LogP contribution in [0.2, 0.25) is 0 Å². The molecule has 1 heterocycles. The maximum Gasteiger partial charge on any atom is 0.126 e. The van der Waals surface area contributed by atoms with E-state index in [4.69, 9.17) is 4.74 Å². The molecular weight excluding hydrogens is 316 g/mol. The fourth-order valence-electron chi connectivity index (χ4n) is 1.81. The Kier molecular flexibility index (Phi) is 6.02. The van der Waals surface area contributed by atoms with Crippen molar-refractivity contribution >= 4 is 21.7 Å². The zero-order valence-corrected chi connectivity index (χ0v) is 13.2. The summed E-state index contributed by atoms with van der Waals surface area (Å²) >= 11 is 3.46. The predicted octanol–water partition coefficient (Wildman–Crippen LogP) is 4.38. The zero-order chi connectivity index (χ0) is 14.2. The van der Waals surface area contributed by atoms with Crippen molar-refractivity contribution < 1.29 is 4.74 Å². The number of hydrogen-bond donors (Lipinski definition) is 1. The van der Waals surface area contributed by atoms with Crippen molar-refractivity contribution in [3.05, 3.63) is 58.2 Å². The average Bonchev–Trinajstić information content (AvgIpc) is 2.46. The molecule has 0 amide bonds.